The average Bonchev–Trinajstić information content (AvgIpc) is 2.37. The van der Waals surface area contributed by atoms with E-state index in [0.717, 1.165) is 11.5 Å². The summed E-state index contributed by atoms with van der Waals surface area (Å²) in [6.45, 7) is 5.45. The van der Waals surface area contributed by atoms with E-state index in [1.807, 2.05) is 38.1 Å². The van der Waals surface area contributed by atoms with Crippen LogP contribution in [0.2, 0.25) is 0 Å². The summed E-state index contributed by atoms with van der Waals surface area (Å²) >= 11 is 0. The Hall–Kier alpha value is -1.26. The van der Waals surface area contributed by atoms with E-state index in [2.05, 4.69) is 0 Å². The summed E-state index contributed by atoms with van der Waals surface area (Å²) in [5.74, 6) is 1.50. The van der Waals surface area contributed by atoms with Crippen molar-refractivity contribution >= 4 is 0 Å². The van der Waals surface area contributed by atoms with Gasteiger partial charge in [0.1, 0.15) is 23.7 Å². The summed E-state index contributed by atoms with van der Waals surface area (Å²) in [7, 11) is 0. The lowest BCUT2D eigenvalue weighted by molar-refractivity contribution is -0.0856. The standard InChI is InChI=1S/C15H22O4/c1-12(2)19-14-5-3-4-13(10-14)18-11-15(16)6-8-17-9-7-15/h3-5,10,12,16H,6-9,11H2,1-2H3. The number of benzene rings is 1. The summed E-state index contributed by atoms with van der Waals surface area (Å²) in [6.07, 6.45) is 1.37. The molecule has 106 valence electrons. The highest BCUT2D eigenvalue weighted by molar-refractivity contribution is 5.33. The SMILES string of the molecule is CC(C)Oc1cccc(OCC2(O)CCOCC2)c1. The van der Waals surface area contributed by atoms with Gasteiger partial charge < -0.3 is 19.3 Å². The Morgan fingerprint density at radius 1 is 1.26 bits per heavy atom. The third kappa shape index (κ3) is 4.40. The molecule has 0 atom stereocenters. The lowest BCUT2D eigenvalue weighted by Gasteiger charge is -2.31. The van der Waals surface area contributed by atoms with E-state index in [1.54, 1.807) is 0 Å². The highest BCUT2D eigenvalue weighted by atomic mass is 16.5. The monoisotopic (exact) mass is 266 g/mol. The number of ether oxygens (including phenoxy) is 3. The molecule has 1 aromatic carbocycles. The first-order chi connectivity index (χ1) is 9.07. The Labute approximate surface area is 114 Å². The lowest BCUT2D eigenvalue weighted by atomic mass is 9.96. The van der Waals surface area contributed by atoms with Gasteiger partial charge in [0.15, 0.2) is 0 Å². The Morgan fingerprint density at radius 2 is 1.95 bits per heavy atom. The van der Waals surface area contributed by atoms with Crippen LogP contribution < -0.4 is 9.47 Å². The number of rotatable bonds is 5. The van der Waals surface area contributed by atoms with E-state index in [1.165, 1.54) is 0 Å². The Morgan fingerprint density at radius 3 is 2.63 bits per heavy atom. The Kier molecular flexibility index (Phi) is 4.66. The van der Waals surface area contributed by atoms with Crippen LogP contribution in [0.3, 0.4) is 0 Å². The molecule has 1 fully saturated rings. The van der Waals surface area contributed by atoms with Crippen molar-refractivity contribution in [3.05, 3.63) is 24.3 Å². The van der Waals surface area contributed by atoms with Gasteiger partial charge in [-0.25, -0.2) is 0 Å². The van der Waals surface area contributed by atoms with Crippen molar-refractivity contribution in [2.75, 3.05) is 19.8 Å². The fraction of sp³-hybridized carbons (Fsp3) is 0.600. The van der Waals surface area contributed by atoms with Gasteiger partial charge in [-0.3, -0.25) is 0 Å². The quantitative estimate of drug-likeness (QED) is 0.889. The van der Waals surface area contributed by atoms with Crippen LogP contribution >= 0.6 is 0 Å². The summed E-state index contributed by atoms with van der Waals surface area (Å²) in [5.41, 5.74) is -0.771. The van der Waals surface area contributed by atoms with Gasteiger partial charge in [-0.05, 0) is 26.0 Å². The second-order valence-electron chi connectivity index (χ2n) is 5.27. The molecule has 0 saturated carbocycles. The molecule has 1 aliphatic heterocycles. The minimum absolute atomic E-state index is 0.134. The summed E-state index contributed by atoms with van der Waals surface area (Å²) in [4.78, 5) is 0. The van der Waals surface area contributed by atoms with E-state index in [-0.39, 0.29) is 6.10 Å². The van der Waals surface area contributed by atoms with E-state index >= 15 is 0 Å². The zero-order valence-corrected chi connectivity index (χ0v) is 11.6. The van der Waals surface area contributed by atoms with Crippen molar-refractivity contribution in [3.63, 3.8) is 0 Å². The molecular weight excluding hydrogens is 244 g/mol. The molecule has 19 heavy (non-hydrogen) atoms. The summed E-state index contributed by atoms with van der Waals surface area (Å²) < 4.78 is 16.5. The average molecular weight is 266 g/mol. The van der Waals surface area contributed by atoms with Crippen molar-refractivity contribution in [3.8, 4) is 11.5 Å². The molecule has 4 heteroatoms. The molecule has 1 aliphatic rings. The van der Waals surface area contributed by atoms with Crippen LogP contribution in [0.15, 0.2) is 24.3 Å². The third-order valence-corrected chi connectivity index (χ3v) is 3.11. The fourth-order valence-corrected chi connectivity index (χ4v) is 2.02. The first-order valence-electron chi connectivity index (χ1n) is 6.77. The molecule has 2 rings (SSSR count). The smallest absolute Gasteiger partial charge is 0.123 e. The topological polar surface area (TPSA) is 47.9 Å². The first kappa shape index (κ1) is 14.2. The third-order valence-electron chi connectivity index (χ3n) is 3.11. The van der Waals surface area contributed by atoms with Crippen molar-refractivity contribution in [2.24, 2.45) is 0 Å². The number of hydrogen-bond acceptors (Lipinski definition) is 4. The van der Waals surface area contributed by atoms with Crippen molar-refractivity contribution in [1.29, 1.82) is 0 Å². The molecule has 0 bridgehead atoms. The fourth-order valence-electron chi connectivity index (χ4n) is 2.02. The van der Waals surface area contributed by atoms with Crippen LogP contribution in [-0.2, 0) is 4.74 Å². The van der Waals surface area contributed by atoms with Crippen LogP contribution in [0.4, 0.5) is 0 Å². The van der Waals surface area contributed by atoms with Crippen molar-refractivity contribution in [2.45, 2.75) is 38.4 Å². The maximum Gasteiger partial charge on any atom is 0.123 e. The molecule has 4 nitrogen and oxygen atoms in total. The lowest BCUT2D eigenvalue weighted by Crippen LogP contribution is -2.41. The van der Waals surface area contributed by atoms with E-state index in [9.17, 15) is 5.11 Å². The molecule has 0 amide bonds. The molecule has 0 unspecified atom stereocenters. The number of hydrogen-bond donors (Lipinski definition) is 1. The second-order valence-corrected chi connectivity index (χ2v) is 5.27. The van der Waals surface area contributed by atoms with Crippen molar-refractivity contribution in [1.82, 2.24) is 0 Å². The summed E-state index contributed by atoms with van der Waals surface area (Å²) in [5, 5.41) is 10.3. The van der Waals surface area contributed by atoms with Crippen molar-refractivity contribution < 1.29 is 19.3 Å². The van der Waals surface area contributed by atoms with Crippen LogP contribution in [0, 0.1) is 0 Å². The summed E-state index contributed by atoms with van der Waals surface area (Å²) in [6, 6.07) is 7.51. The van der Waals surface area contributed by atoms with Gasteiger partial charge >= 0.3 is 0 Å². The normalized spacial score (nSPS) is 18.3. The second kappa shape index (κ2) is 6.26. The van der Waals surface area contributed by atoms with Gasteiger partial charge in [0.05, 0.1) is 6.10 Å². The Balaban J connectivity index is 1.91. The molecule has 1 heterocycles. The minimum Gasteiger partial charge on any atom is -0.491 e. The largest absolute Gasteiger partial charge is 0.491 e. The highest BCUT2D eigenvalue weighted by Crippen LogP contribution is 2.24. The van der Waals surface area contributed by atoms with Crippen LogP contribution in [0.1, 0.15) is 26.7 Å². The van der Waals surface area contributed by atoms with E-state index in [0.29, 0.717) is 32.7 Å². The highest BCUT2D eigenvalue weighted by Gasteiger charge is 2.30. The maximum absolute atomic E-state index is 10.3. The molecular formula is C15H22O4. The number of aliphatic hydroxyl groups is 1. The minimum atomic E-state index is -0.771. The Bertz CT molecular complexity index is 397. The van der Waals surface area contributed by atoms with Crippen LogP contribution in [0.5, 0.6) is 11.5 Å². The van der Waals surface area contributed by atoms with Gasteiger partial charge in [0.2, 0.25) is 0 Å². The van der Waals surface area contributed by atoms with Crippen LogP contribution in [-0.4, -0.2) is 36.6 Å². The maximum atomic E-state index is 10.3. The van der Waals surface area contributed by atoms with E-state index < -0.39 is 5.60 Å². The first-order valence-corrected chi connectivity index (χ1v) is 6.77. The van der Waals surface area contributed by atoms with Gasteiger partial charge in [-0.1, -0.05) is 6.07 Å². The predicted octanol–water partition coefficient (Wildman–Crippen LogP) is 2.39. The van der Waals surface area contributed by atoms with Crippen LogP contribution in [0.25, 0.3) is 0 Å². The van der Waals surface area contributed by atoms with Gasteiger partial charge in [0.25, 0.3) is 0 Å². The van der Waals surface area contributed by atoms with E-state index in [4.69, 9.17) is 14.2 Å². The van der Waals surface area contributed by atoms with Gasteiger partial charge in [-0.15, -0.1) is 0 Å². The molecule has 0 spiro atoms. The molecule has 0 radical (unpaired) electrons. The predicted molar refractivity (Wildman–Crippen MR) is 72.7 cm³/mol. The zero-order chi connectivity index (χ0) is 13.7. The molecule has 0 aromatic heterocycles. The van der Waals surface area contributed by atoms with Gasteiger partial charge in [-0.2, -0.15) is 0 Å². The zero-order valence-electron chi connectivity index (χ0n) is 11.6. The molecule has 1 N–H and O–H groups in total. The molecule has 0 aliphatic carbocycles. The molecule has 1 saturated heterocycles. The molecule has 1 aromatic rings. The van der Waals surface area contributed by atoms with Gasteiger partial charge in [0, 0.05) is 32.1 Å².